The Kier molecular flexibility index (Phi) is 8.87. The van der Waals surface area contributed by atoms with Crippen LogP contribution in [-0.2, 0) is 20.7 Å². The van der Waals surface area contributed by atoms with Gasteiger partial charge in [-0.15, -0.1) is 0 Å². The van der Waals surface area contributed by atoms with Crippen molar-refractivity contribution >= 4 is 23.5 Å². The Labute approximate surface area is 216 Å². The van der Waals surface area contributed by atoms with Gasteiger partial charge in [-0.1, -0.05) is 66.2 Å². The molecule has 2 N–H and O–H groups in total. The summed E-state index contributed by atoms with van der Waals surface area (Å²) >= 11 is 6.04. The number of benzene rings is 3. The number of rotatable bonds is 9. The lowest BCUT2D eigenvalue weighted by atomic mass is 9.85. The molecule has 3 rings (SSSR count). The third-order valence-corrected chi connectivity index (χ3v) is 6.27. The molecule has 0 aliphatic rings. The highest BCUT2D eigenvalue weighted by molar-refractivity contribution is 6.30. The van der Waals surface area contributed by atoms with E-state index in [0.717, 1.165) is 11.1 Å². The van der Waals surface area contributed by atoms with Crippen LogP contribution in [-0.4, -0.2) is 28.6 Å². The third-order valence-electron chi connectivity index (χ3n) is 6.02. The molecule has 3 aromatic rings. The molecule has 0 fully saturated rings. The first kappa shape index (κ1) is 26.9. The highest BCUT2D eigenvalue weighted by Gasteiger charge is 2.36. The number of hydrogen-bond donors (Lipinski definition) is 2. The lowest BCUT2D eigenvalue weighted by Gasteiger charge is -2.31. The fraction of sp³-hybridized carbons (Fsp3) is 0.276. The van der Waals surface area contributed by atoms with Crippen molar-refractivity contribution in [3.05, 3.63) is 106 Å². The Morgan fingerprint density at radius 2 is 1.67 bits per heavy atom. The molecule has 0 aliphatic carbocycles. The smallest absolute Gasteiger partial charge is 0.340 e. The molecule has 0 unspecified atom stereocenters. The Hall–Kier alpha value is -3.66. The number of ether oxygens (including phenoxy) is 1. The maximum absolute atomic E-state index is 13.2. The number of nitriles is 1. The molecule has 0 radical (unpaired) electrons. The van der Waals surface area contributed by atoms with Crippen LogP contribution in [0.4, 0.5) is 0 Å². The van der Waals surface area contributed by atoms with Crippen LogP contribution in [0.3, 0.4) is 0 Å². The average molecular weight is 505 g/mol. The molecule has 3 aromatic carbocycles. The minimum Gasteiger partial charge on any atom is -0.447 e. The third kappa shape index (κ3) is 6.94. The molecule has 0 bridgehead atoms. The quantitative estimate of drug-likeness (QED) is 0.395. The predicted molar refractivity (Wildman–Crippen MR) is 138 cm³/mol. The summed E-state index contributed by atoms with van der Waals surface area (Å²) in [7, 11) is 0. The highest BCUT2D eigenvalue weighted by Crippen LogP contribution is 2.27. The van der Waals surface area contributed by atoms with E-state index in [2.05, 4.69) is 11.4 Å². The number of carbonyl (C=O) groups is 2. The van der Waals surface area contributed by atoms with Gasteiger partial charge in [0.15, 0.2) is 11.7 Å². The molecule has 7 heteroatoms. The number of esters is 1. The van der Waals surface area contributed by atoms with Crippen LogP contribution in [0.1, 0.15) is 55.0 Å². The van der Waals surface area contributed by atoms with Gasteiger partial charge in [0, 0.05) is 17.0 Å². The lowest BCUT2D eigenvalue weighted by Crippen LogP contribution is -2.50. The number of aliphatic hydroxyl groups excluding tert-OH is 1. The van der Waals surface area contributed by atoms with Crippen molar-refractivity contribution in [2.24, 2.45) is 0 Å². The van der Waals surface area contributed by atoms with Gasteiger partial charge in [-0.25, -0.2) is 4.79 Å². The number of carbonyl (C=O) groups excluding carboxylic acids is 2. The van der Waals surface area contributed by atoms with Gasteiger partial charge in [-0.2, -0.15) is 5.26 Å². The van der Waals surface area contributed by atoms with E-state index in [9.17, 15) is 20.0 Å². The van der Waals surface area contributed by atoms with Crippen LogP contribution >= 0.6 is 11.6 Å². The van der Waals surface area contributed by atoms with Gasteiger partial charge < -0.3 is 15.2 Å². The molecular formula is C29H29ClN2O4. The highest BCUT2D eigenvalue weighted by atomic mass is 35.5. The van der Waals surface area contributed by atoms with Crippen LogP contribution in [0.2, 0.25) is 5.02 Å². The summed E-state index contributed by atoms with van der Waals surface area (Å²) in [6.07, 6.45) is -0.914. The van der Waals surface area contributed by atoms with E-state index in [1.807, 2.05) is 49.4 Å². The van der Waals surface area contributed by atoms with Crippen molar-refractivity contribution in [1.29, 1.82) is 5.26 Å². The summed E-state index contributed by atoms with van der Waals surface area (Å²) in [5.41, 5.74) is 1.29. The molecule has 0 spiro atoms. The zero-order chi connectivity index (χ0) is 26.3. The first-order valence-corrected chi connectivity index (χ1v) is 12.0. The summed E-state index contributed by atoms with van der Waals surface area (Å²) in [5.74, 6) is -1.58. The van der Waals surface area contributed by atoms with E-state index in [-0.39, 0.29) is 12.0 Å². The maximum Gasteiger partial charge on any atom is 0.340 e. The second-order valence-corrected chi connectivity index (χ2v) is 9.62. The summed E-state index contributed by atoms with van der Waals surface area (Å²) < 4.78 is 5.41. The zero-order valence-corrected chi connectivity index (χ0v) is 21.2. The topological polar surface area (TPSA) is 99.4 Å². The van der Waals surface area contributed by atoms with Gasteiger partial charge in [-0.05, 0) is 68.1 Å². The number of hydrogen-bond acceptors (Lipinski definition) is 5. The summed E-state index contributed by atoms with van der Waals surface area (Å²) in [6, 6.07) is 24.9. The van der Waals surface area contributed by atoms with E-state index < -0.39 is 23.6 Å². The molecule has 0 aromatic heterocycles. The maximum atomic E-state index is 13.2. The van der Waals surface area contributed by atoms with Crippen molar-refractivity contribution in [3.8, 4) is 6.07 Å². The minimum atomic E-state index is -1.53. The normalized spacial score (nSPS) is 13.7. The number of nitrogens with zero attached hydrogens (tertiary/aromatic N) is 1. The molecule has 0 aliphatic heterocycles. The minimum absolute atomic E-state index is 0.176. The summed E-state index contributed by atoms with van der Waals surface area (Å²) in [5, 5.41) is 23.3. The SMILES string of the molecule is C[C@H](NC(=O)C(C)(C)OC(=O)[C@H](O)c1ccccc1)[C@@H](Cc1ccc(Cl)cc1)c1cccc(C#N)c1. The van der Waals surface area contributed by atoms with E-state index in [1.165, 1.54) is 13.8 Å². The molecule has 36 heavy (non-hydrogen) atoms. The molecular weight excluding hydrogens is 476 g/mol. The van der Waals surface area contributed by atoms with Crippen molar-refractivity contribution in [1.82, 2.24) is 5.32 Å². The van der Waals surface area contributed by atoms with Gasteiger partial charge in [-0.3, -0.25) is 4.79 Å². The predicted octanol–water partition coefficient (Wildman–Crippen LogP) is 5.10. The first-order valence-electron chi connectivity index (χ1n) is 11.6. The van der Waals surface area contributed by atoms with Gasteiger partial charge >= 0.3 is 5.97 Å². The molecule has 1 amide bonds. The van der Waals surface area contributed by atoms with Crippen LogP contribution in [0.5, 0.6) is 0 Å². The molecule has 0 saturated carbocycles. The fourth-order valence-electron chi connectivity index (χ4n) is 3.90. The van der Waals surface area contributed by atoms with Crippen LogP contribution in [0.15, 0.2) is 78.9 Å². The van der Waals surface area contributed by atoms with Crippen LogP contribution < -0.4 is 5.32 Å². The Morgan fingerprint density at radius 3 is 2.31 bits per heavy atom. The van der Waals surface area contributed by atoms with E-state index >= 15 is 0 Å². The summed E-state index contributed by atoms with van der Waals surface area (Å²) in [4.78, 5) is 25.7. The molecule has 186 valence electrons. The Morgan fingerprint density at radius 1 is 1.03 bits per heavy atom. The average Bonchev–Trinajstić information content (AvgIpc) is 2.88. The zero-order valence-electron chi connectivity index (χ0n) is 20.4. The molecule has 0 heterocycles. The van der Waals surface area contributed by atoms with Gasteiger partial charge in [0.25, 0.3) is 5.91 Å². The van der Waals surface area contributed by atoms with Crippen LogP contribution in [0.25, 0.3) is 0 Å². The Bertz CT molecular complexity index is 1240. The summed E-state index contributed by atoms with van der Waals surface area (Å²) in [6.45, 7) is 4.83. The van der Waals surface area contributed by atoms with Crippen molar-refractivity contribution in [2.45, 2.75) is 50.9 Å². The number of amides is 1. The largest absolute Gasteiger partial charge is 0.447 e. The molecule has 0 saturated heterocycles. The fourth-order valence-corrected chi connectivity index (χ4v) is 4.03. The monoisotopic (exact) mass is 504 g/mol. The molecule has 6 nitrogen and oxygen atoms in total. The Balaban J connectivity index is 1.77. The first-order chi connectivity index (χ1) is 17.1. The van der Waals surface area contributed by atoms with E-state index in [4.69, 9.17) is 16.3 Å². The van der Waals surface area contributed by atoms with Crippen molar-refractivity contribution in [3.63, 3.8) is 0 Å². The van der Waals surface area contributed by atoms with Crippen molar-refractivity contribution < 1.29 is 19.4 Å². The second kappa shape index (κ2) is 11.9. The van der Waals surface area contributed by atoms with Gasteiger partial charge in [0.2, 0.25) is 0 Å². The van der Waals surface area contributed by atoms with Gasteiger partial charge in [0.1, 0.15) is 0 Å². The number of nitrogens with one attached hydrogen (secondary N) is 1. The van der Waals surface area contributed by atoms with Crippen LogP contribution in [0, 0.1) is 11.3 Å². The van der Waals surface area contributed by atoms with Crippen molar-refractivity contribution in [2.75, 3.05) is 0 Å². The van der Waals surface area contributed by atoms with Gasteiger partial charge in [0.05, 0.1) is 11.6 Å². The lowest BCUT2D eigenvalue weighted by molar-refractivity contribution is -0.173. The number of halogens is 1. The van der Waals surface area contributed by atoms with E-state index in [1.54, 1.807) is 36.4 Å². The second-order valence-electron chi connectivity index (χ2n) is 9.18. The standard InChI is InChI=1S/C29H29ClN2O4/c1-19(32-28(35)29(2,3)36-27(34)26(33)22-9-5-4-6-10-22)25(17-20-12-14-24(30)15-13-20)23-11-7-8-21(16-23)18-31/h4-16,19,25-26,33H,17H2,1-3H3,(H,32,35)/t19-,25+,26+/m0/s1. The van der Waals surface area contributed by atoms with E-state index in [0.29, 0.717) is 22.6 Å². The number of aliphatic hydroxyl groups is 1. The molecule has 3 atom stereocenters.